The average Bonchev–Trinajstić information content (AvgIpc) is 1.89. The topological polar surface area (TPSA) is 26.3 Å². The predicted octanol–water partition coefficient (Wildman–Crippen LogP) is 1.33. The van der Waals surface area contributed by atoms with Crippen molar-refractivity contribution in [3.63, 3.8) is 0 Å². The number of hydrogen-bond acceptors (Lipinski definition) is 3. The highest BCUT2D eigenvalue weighted by molar-refractivity contribution is 7.78. The second-order valence-electron chi connectivity index (χ2n) is 1.53. The number of ether oxygens (including phenoxy) is 1. The summed E-state index contributed by atoms with van der Waals surface area (Å²) < 4.78 is 4.69. The van der Waals surface area contributed by atoms with Gasteiger partial charge < -0.3 is 4.74 Å². The fraction of sp³-hybridized carbons (Fsp3) is 0.667. The Bertz CT molecular complexity index is 101. The van der Waals surface area contributed by atoms with Crippen LogP contribution in [0, 0.1) is 0 Å². The van der Waals surface area contributed by atoms with Gasteiger partial charge in [0.05, 0.1) is 6.61 Å². The molecule has 2 nitrogen and oxygen atoms in total. The standard InChI is InChI=1S/C6H10O2S/c1-2-6(7)8-4-3-5-9/h5H,2-4H2,1H3. The van der Waals surface area contributed by atoms with Crippen LogP contribution in [0.3, 0.4) is 0 Å². The van der Waals surface area contributed by atoms with Crippen LogP contribution < -0.4 is 0 Å². The van der Waals surface area contributed by atoms with Gasteiger partial charge in [0.2, 0.25) is 0 Å². The minimum atomic E-state index is -0.160. The minimum Gasteiger partial charge on any atom is -0.465 e. The first kappa shape index (κ1) is 8.56. The number of thiocarbonyl (C=S) groups is 1. The maximum atomic E-state index is 10.4. The smallest absolute Gasteiger partial charge is 0.305 e. The molecule has 0 bridgehead atoms. The lowest BCUT2D eigenvalue weighted by Crippen LogP contribution is -2.03. The Balaban J connectivity index is 3.06. The second-order valence-corrected chi connectivity index (χ2v) is 1.86. The summed E-state index contributed by atoms with van der Waals surface area (Å²) in [6.45, 7) is 2.19. The molecule has 0 unspecified atom stereocenters. The first-order valence-corrected chi connectivity index (χ1v) is 3.37. The molecule has 0 atom stereocenters. The van der Waals surface area contributed by atoms with Crippen LogP contribution in [0.4, 0.5) is 0 Å². The van der Waals surface area contributed by atoms with E-state index in [2.05, 4.69) is 12.2 Å². The van der Waals surface area contributed by atoms with Gasteiger partial charge in [0.25, 0.3) is 0 Å². The van der Waals surface area contributed by atoms with E-state index in [-0.39, 0.29) is 5.97 Å². The lowest BCUT2D eigenvalue weighted by molar-refractivity contribution is -0.142. The highest BCUT2D eigenvalue weighted by Gasteiger charge is 1.94. The summed E-state index contributed by atoms with van der Waals surface area (Å²) in [7, 11) is 0. The van der Waals surface area contributed by atoms with Crippen molar-refractivity contribution in [3.05, 3.63) is 0 Å². The zero-order valence-electron chi connectivity index (χ0n) is 5.42. The highest BCUT2D eigenvalue weighted by atomic mass is 32.1. The van der Waals surface area contributed by atoms with E-state index in [1.54, 1.807) is 12.3 Å². The van der Waals surface area contributed by atoms with Gasteiger partial charge in [-0.2, -0.15) is 0 Å². The SMILES string of the molecule is CCC(=O)OCCC=S. The molecule has 0 spiro atoms. The Kier molecular flexibility index (Phi) is 5.41. The largest absolute Gasteiger partial charge is 0.465 e. The predicted molar refractivity (Wildman–Crippen MR) is 39.5 cm³/mol. The van der Waals surface area contributed by atoms with Crippen molar-refractivity contribution in [3.8, 4) is 0 Å². The van der Waals surface area contributed by atoms with Crippen molar-refractivity contribution in [2.45, 2.75) is 19.8 Å². The summed E-state index contributed by atoms with van der Waals surface area (Å²) in [5, 5.41) is 1.56. The third-order valence-corrected chi connectivity index (χ3v) is 1.02. The number of rotatable bonds is 4. The Hall–Kier alpha value is -0.440. The number of carbonyl (C=O) groups excluding carboxylic acids is 1. The molecule has 0 rings (SSSR count). The lowest BCUT2D eigenvalue weighted by atomic mass is 10.5. The molecule has 0 N–H and O–H groups in total. The fourth-order valence-electron chi connectivity index (χ4n) is 0.323. The number of carbonyl (C=O) groups is 1. The van der Waals surface area contributed by atoms with Crippen LogP contribution in [0.2, 0.25) is 0 Å². The average molecular weight is 146 g/mol. The molecule has 0 aromatic heterocycles. The second kappa shape index (κ2) is 5.69. The van der Waals surface area contributed by atoms with Crippen LogP contribution in [0.25, 0.3) is 0 Å². The van der Waals surface area contributed by atoms with Gasteiger partial charge >= 0.3 is 5.97 Å². The molecule has 9 heavy (non-hydrogen) atoms. The maximum Gasteiger partial charge on any atom is 0.305 e. The zero-order chi connectivity index (χ0) is 7.11. The molecular weight excluding hydrogens is 136 g/mol. The molecule has 0 aromatic carbocycles. The highest BCUT2D eigenvalue weighted by Crippen LogP contribution is 1.85. The van der Waals surface area contributed by atoms with E-state index < -0.39 is 0 Å². The van der Waals surface area contributed by atoms with Crippen LogP contribution in [-0.2, 0) is 9.53 Å². The maximum absolute atomic E-state index is 10.4. The Morgan fingerprint density at radius 2 is 2.44 bits per heavy atom. The van der Waals surface area contributed by atoms with Crippen LogP contribution in [0.15, 0.2) is 0 Å². The van der Waals surface area contributed by atoms with Crippen LogP contribution in [0.1, 0.15) is 19.8 Å². The molecule has 0 aromatic rings. The van der Waals surface area contributed by atoms with Crippen LogP contribution in [0.5, 0.6) is 0 Å². The lowest BCUT2D eigenvalue weighted by Gasteiger charge is -1.97. The number of esters is 1. The van der Waals surface area contributed by atoms with Crippen molar-refractivity contribution in [2.24, 2.45) is 0 Å². The summed E-state index contributed by atoms with van der Waals surface area (Å²) in [4.78, 5) is 10.4. The summed E-state index contributed by atoms with van der Waals surface area (Å²) in [5.41, 5.74) is 0. The van der Waals surface area contributed by atoms with Gasteiger partial charge in [-0.3, -0.25) is 4.79 Å². The van der Waals surface area contributed by atoms with E-state index in [0.29, 0.717) is 19.4 Å². The fourth-order valence-corrected chi connectivity index (χ4v) is 0.419. The van der Waals surface area contributed by atoms with E-state index in [1.807, 2.05) is 0 Å². The van der Waals surface area contributed by atoms with Gasteiger partial charge in [0.15, 0.2) is 0 Å². The molecule has 0 aliphatic heterocycles. The zero-order valence-corrected chi connectivity index (χ0v) is 6.24. The van der Waals surface area contributed by atoms with E-state index in [4.69, 9.17) is 4.74 Å². The first-order valence-electron chi connectivity index (χ1n) is 2.90. The summed E-state index contributed by atoms with van der Waals surface area (Å²) >= 11 is 4.52. The van der Waals surface area contributed by atoms with Crippen molar-refractivity contribution in [1.29, 1.82) is 0 Å². The van der Waals surface area contributed by atoms with Gasteiger partial charge in [0, 0.05) is 12.8 Å². The van der Waals surface area contributed by atoms with Gasteiger partial charge in [-0.25, -0.2) is 0 Å². The Morgan fingerprint density at radius 1 is 1.78 bits per heavy atom. The molecule has 52 valence electrons. The summed E-state index contributed by atoms with van der Waals surface area (Å²) in [5.74, 6) is -0.160. The Labute approximate surface area is 60.2 Å². The normalized spacial score (nSPS) is 8.56. The van der Waals surface area contributed by atoms with Gasteiger partial charge in [-0.1, -0.05) is 19.1 Å². The quantitative estimate of drug-likeness (QED) is 0.340. The van der Waals surface area contributed by atoms with Crippen molar-refractivity contribution < 1.29 is 9.53 Å². The van der Waals surface area contributed by atoms with E-state index in [1.165, 1.54) is 0 Å². The summed E-state index contributed by atoms with van der Waals surface area (Å²) in [6.07, 6.45) is 1.11. The van der Waals surface area contributed by atoms with Crippen LogP contribution in [-0.4, -0.2) is 17.9 Å². The van der Waals surface area contributed by atoms with E-state index >= 15 is 0 Å². The van der Waals surface area contributed by atoms with Crippen LogP contribution >= 0.6 is 12.2 Å². The minimum absolute atomic E-state index is 0.160. The molecule has 3 heteroatoms. The Morgan fingerprint density at radius 3 is 2.89 bits per heavy atom. The molecule has 0 radical (unpaired) electrons. The van der Waals surface area contributed by atoms with Crippen molar-refractivity contribution >= 4 is 23.6 Å². The van der Waals surface area contributed by atoms with Gasteiger partial charge in [0.1, 0.15) is 0 Å². The number of hydrogen-bond donors (Lipinski definition) is 0. The molecular formula is C6H10O2S. The molecule has 0 fully saturated rings. The molecule has 0 saturated carbocycles. The third-order valence-electron chi connectivity index (χ3n) is 0.787. The molecule has 0 aliphatic carbocycles. The first-order chi connectivity index (χ1) is 4.31. The van der Waals surface area contributed by atoms with E-state index in [0.717, 1.165) is 0 Å². The van der Waals surface area contributed by atoms with Crippen molar-refractivity contribution in [2.75, 3.05) is 6.61 Å². The molecule has 0 saturated heterocycles. The summed E-state index contributed by atoms with van der Waals surface area (Å²) in [6, 6.07) is 0. The monoisotopic (exact) mass is 146 g/mol. The molecule has 0 heterocycles. The van der Waals surface area contributed by atoms with Gasteiger partial charge in [-0.05, 0) is 5.37 Å². The van der Waals surface area contributed by atoms with Crippen molar-refractivity contribution in [1.82, 2.24) is 0 Å². The van der Waals surface area contributed by atoms with Gasteiger partial charge in [-0.15, -0.1) is 0 Å². The molecule has 0 aliphatic rings. The van der Waals surface area contributed by atoms with E-state index in [9.17, 15) is 4.79 Å². The third kappa shape index (κ3) is 5.43. The molecule has 0 amide bonds.